The van der Waals surface area contributed by atoms with Crippen molar-refractivity contribution in [2.24, 2.45) is 0 Å². The highest BCUT2D eigenvalue weighted by Crippen LogP contribution is 2.44. The molecule has 1 aliphatic carbocycles. The van der Waals surface area contributed by atoms with Gasteiger partial charge in [-0.3, -0.25) is 0 Å². The number of carbonyl (C=O) groups is 1. The number of rotatable bonds is 3. The monoisotopic (exact) mass is 460 g/mol. The largest absolute Gasteiger partial charge is 0.444 e. The highest BCUT2D eigenvalue weighted by molar-refractivity contribution is 5.91. The van der Waals surface area contributed by atoms with Gasteiger partial charge in [-0.15, -0.1) is 0 Å². The second-order valence-electron chi connectivity index (χ2n) is 9.95. The Morgan fingerprint density at radius 2 is 2.00 bits per heavy atom. The molecule has 10 heteroatoms. The van der Waals surface area contributed by atoms with Crippen molar-refractivity contribution in [3.63, 3.8) is 0 Å². The van der Waals surface area contributed by atoms with Gasteiger partial charge in [0, 0.05) is 43.9 Å². The maximum absolute atomic E-state index is 12.6. The molecule has 0 spiro atoms. The SMILES string of the molecule is C[C@H]1CN(C(=O)OC(C)(C)C)CCN1c1ncnc2c1c(C1CC1)nn2-c1cc(C#N)ccn1. The summed E-state index contributed by atoms with van der Waals surface area (Å²) in [6.45, 7) is 9.43. The average Bonchev–Trinajstić information content (AvgIpc) is 3.57. The number of ether oxygens (including phenoxy) is 1. The normalized spacial score (nSPS) is 18.7. The molecule has 0 radical (unpaired) electrons. The van der Waals surface area contributed by atoms with Crippen LogP contribution in [0.3, 0.4) is 0 Å². The number of anilines is 1. The van der Waals surface area contributed by atoms with Crippen molar-refractivity contribution in [3.8, 4) is 11.9 Å². The third kappa shape index (κ3) is 4.14. The summed E-state index contributed by atoms with van der Waals surface area (Å²) in [4.78, 5) is 30.2. The summed E-state index contributed by atoms with van der Waals surface area (Å²) >= 11 is 0. The van der Waals surface area contributed by atoms with E-state index in [1.54, 1.807) is 34.2 Å². The first kappa shape index (κ1) is 22.1. The van der Waals surface area contributed by atoms with Crippen LogP contribution in [0, 0.1) is 11.3 Å². The molecule has 4 heterocycles. The Morgan fingerprint density at radius 3 is 2.68 bits per heavy atom. The summed E-state index contributed by atoms with van der Waals surface area (Å²) in [6, 6.07) is 5.58. The Hall–Kier alpha value is -3.74. The fraction of sp³-hybridized carbons (Fsp3) is 0.500. The van der Waals surface area contributed by atoms with Crippen LogP contribution >= 0.6 is 0 Å². The molecule has 10 nitrogen and oxygen atoms in total. The van der Waals surface area contributed by atoms with E-state index < -0.39 is 5.60 Å². The van der Waals surface area contributed by atoms with Gasteiger partial charge >= 0.3 is 6.09 Å². The van der Waals surface area contributed by atoms with E-state index in [9.17, 15) is 10.1 Å². The number of nitriles is 1. The minimum Gasteiger partial charge on any atom is -0.444 e. The molecule has 0 unspecified atom stereocenters. The zero-order valence-electron chi connectivity index (χ0n) is 19.9. The Labute approximate surface area is 198 Å². The molecule has 1 atom stereocenters. The maximum atomic E-state index is 12.6. The second-order valence-corrected chi connectivity index (χ2v) is 9.95. The summed E-state index contributed by atoms with van der Waals surface area (Å²) in [7, 11) is 0. The third-order valence-electron chi connectivity index (χ3n) is 6.08. The zero-order valence-corrected chi connectivity index (χ0v) is 19.9. The van der Waals surface area contributed by atoms with Crippen molar-refractivity contribution in [2.45, 2.75) is 58.1 Å². The zero-order chi connectivity index (χ0) is 24.0. The van der Waals surface area contributed by atoms with Crippen molar-refractivity contribution in [1.82, 2.24) is 29.6 Å². The number of aromatic nitrogens is 5. The van der Waals surface area contributed by atoms with Crippen molar-refractivity contribution in [1.29, 1.82) is 5.26 Å². The molecule has 3 aromatic heterocycles. The Morgan fingerprint density at radius 1 is 1.21 bits per heavy atom. The van der Waals surface area contributed by atoms with Gasteiger partial charge in [0.15, 0.2) is 11.5 Å². The van der Waals surface area contributed by atoms with Crippen LogP contribution in [0.1, 0.15) is 57.7 Å². The lowest BCUT2D eigenvalue weighted by Gasteiger charge is -2.41. The van der Waals surface area contributed by atoms with E-state index in [2.05, 4.69) is 32.8 Å². The molecule has 1 amide bonds. The standard InChI is InChI=1S/C24H28N8O2/c1-15-13-30(23(33)34-24(2,3)4)9-10-31(15)21-19-20(17-5-6-17)29-32(22(19)28-14-27-21)18-11-16(12-25)7-8-26-18/h7-8,11,14-15,17H,5-6,9-10,13H2,1-4H3/t15-/m0/s1. The van der Waals surface area contributed by atoms with Crippen LogP contribution in [-0.2, 0) is 4.74 Å². The molecule has 5 rings (SSSR count). The summed E-state index contributed by atoms with van der Waals surface area (Å²) < 4.78 is 7.29. The highest BCUT2D eigenvalue weighted by Gasteiger charge is 2.35. The van der Waals surface area contributed by atoms with Crippen LogP contribution in [0.4, 0.5) is 10.6 Å². The number of hydrogen-bond acceptors (Lipinski definition) is 8. The molecule has 1 saturated heterocycles. The molecule has 0 bridgehead atoms. The van der Waals surface area contributed by atoms with Crippen molar-refractivity contribution < 1.29 is 9.53 Å². The average molecular weight is 461 g/mol. The quantitative estimate of drug-likeness (QED) is 0.584. The number of fused-ring (bicyclic) bond motifs is 1. The number of piperazine rings is 1. The molecule has 176 valence electrons. The van der Waals surface area contributed by atoms with Crippen LogP contribution < -0.4 is 4.90 Å². The number of pyridine rings is 1. The topological polar surface area (TPSA) is 113 Å². The van der Waals surface area contributed by atoms with Gasteiger partial charge in [-0.05, 0) is 46.6 Å². The molecule has 3 aromatic rings. The van der Waals surface area contributed by atoms with E-state index in [1.165, 1.54) is 0 Å². The Balaban J connectivity index is 1.51. The Kier molecular flexibility index (Phi) is 5.35. The fourth-order valence-corrected chi connectivity index (χ4v) is 4.35. The van der Waals surface area contributed by atoms with Crippen molar-refractivity contribution in [3.05, 3.63) is 35.9 Å². The first-order valence-corrected chi connectivity index (χ1v) is 11.6. The molecule has 0 N–H and O–H groups in total. The maximum Gasteiger partial charge on any atom is 0.410 e. The molecular weight excluding hydrogens is 432 g/mol. The van der Waals surface area contributed by atoms with Crippen LogP contribution in [0.25, 0.3) is 16.9 Å². The lowest BCUT2D eigenvalue weighted by molar-refractivity contribution is 0.0218. The lowest BCUT2D eigenvalue weighted by atomic mass is 10.1. The van der Waals surface area contributed by atoms with Gasteiger partial charge in [0.1, 0.15) is 17.7 Å². The van der Waals surface area contributed by atoms with Gasteiger partial charge in [0.05, 0.1) is 22.7 Å². The first-order valence-electron chi connectivity index (χ1n) is 11.6. The fourth-order valence-electron chi connectivity index (χ4n) is 4.35. The second kappa shape index (κ2) is 8.24. The van der Waals surface area contributed by atoms with E-state index in [0.29, 0.717) is 42.6 Å². The lowest BCUT2D eigenvalue weighted by Crippen LogP contribution is -2.54. The molecule has 1 saturated carbocycles. The molecule has 34 heavy (non-hydrogen) atoms. The first-order chi connectivity index (χ1) is 16.2. The van der Waals surface area contributed by atoms with E-state index in [4.69, 9.17) is 9.84 Å². The summed E-state index contributed by atoms with van der Waals surface area (Å²) in [5.41, 5.74) is 1.64. The van der Waals surface area contributed by atoms with Gasteiger partial charge in [0.2, 0.25) is 0 Å². The van der Waals surface area contributed by atoms with E-state index in [1.807, 2.05) is 20.8 Å². The minimum atomic E-state index is -0.527. The van der Waals surface area contributed by atoms with Gasteiger partial charge in [-0.1, -0.05) is 0 Å². The summed E-state index contributed by atoms with van der Waals surface area (Å²) in [6.07, 6.45) is 5.02. The van der Waals surface area contributed by atoms with Gasteiger partial charge < -0.3 is 14.5 Å². The number of nitrogens with zero attached hydrogens (tertiary/aromatic N) is 8. The highest BCUT2D eigenvalue weighted by atomic mass is 16.6. The van der Waals surface area contributed by atoms with E-state index in [0.717, 1.165) is 29.7 Å². The predicted molar refractivity (Wildman–Crippen MR) is 126 cm³/mol. The number of carbonyl (C=O) groups excluding carboxylic acids is 1. The summed E-state index contributed by atoms with van der Waals surface area (Å²) in [5, 5.41) is 15.1. The van der Waals surface area contributed by atoms with Crippen LogP contribution in [0.2, 0.25) is 0 Å². The van der Waals surface area contributed by atoms with Crippen molar-refractivity contribution in [2.75, 3.05) is 24.5 Å². The van der Waals surface area contributed by atoms with Crippen LogP contribution in [-0.4, -0.2) is 67.0 Å². The minimum absolute atomic E-state index is 0.0369. The molecule has 1 aliphatic heterocycles. The number of hydrogen-bond donors (Lipinski definition) is 0. The van der Waals surface area contributed by atoms with Crippen molar-refractivity contribution >= 4 is 22.9 Å². The van der Waals surface area contributed by atoms with E-state index >= 15 is 0 Å². The van der Waals surface area contributed by atoms with Crippen LogP contribution in [0.15, 0.2) is 24.7 Å². The predicted octanol–water partition coefficient (Wildman–Crippen LogP) is 3.41. The van der Waals surface area contributed by atoms with Gasteiger partial charge in [0.25, 0.3) is 0 Å². The Bertz CT molecular complexity index is 1280. The van der Waals surface area contributed by atoms with Crippen LogP contribution in [0.5, 0.6) is 0 Å². The van der Waals surface area contributed by atoms with Gasteiger partial charge in [-0.25, -0.2) is 19.7 Å². The summed E-state index contributed by atoms with van der Waals surface area (Å²) in [5.74, 6) is 1.75. The molecular formula is C24H28N8O2. The molecule has 2 fully saturated rings. The number of amides is 1. The smallest absolute Gasteiger partial charge is 0.410 e. The van der Waals surface area contributed by atoms with Gasteiger partial charge in [-0.2, -0.15) is 15.0 Å². The molecule has 2 aliphatic rings. The third-order valence-corrected chi connectivity index (χ3v) is 6.08. The molecule has 0 aromatic carbocycles. The van der Waals surface area contributed by atoms with E-state index in [-0.39, 0.29) is 12.1 Å².